The molecule has 0 N–H and O–H groups in total. The molecule has 2 aromatic carbocycles. The third-order valence-electron chi connectivity index (χ3n) is 4.69. The predicted molar refractivity (Wildman–Crippen MR) is 115 cm³/mol. The van der Waals surface area contributed by atoms with E-state index in [-0.39, 0.29) is 0 Å². The molecule has 3 heterocycles. The van der Waals surface area contributed by atoms with E-state index in [0.29, 0.717) is 22.5 Å². The third-order valence-corrected chi connectivity index (χ3v) is 5.88. The van der Waals surface area contributed by atoms with E-state index in [4.69, 9.17) is 21.0 Å². The minimum absolute atomic E-state index is 0.484. The van der Waals surface area contributed by atoms with Gasteiger partial charge in [-0.2, -0.15) is 0 Å². The zero-order valence-electron chi connectivity index (χ0n) is 15.8. The topological polar surface area (TPSA) is 74.6 Å². The second-order valence-electron chi connectivity index (χ2n) is 6.72. The first kappa shape index (κ1) is 18.9. The number of benzene rings is 2. The van der Waals surface area contributed by atoms with Gasteiger partial charge in [-0.05, 0) is 46.3 Å². The highest BCUT2D eigenvalue weighted by Gasteiger charge is 2.15. The molecule has 0 radical (unpaired) electrons. The molecule has 5 aromatic rings. The Balaban J connectivity index is 1.43. The maximum atomic E-state index is 6.19. The van der Waals surface area contributed by atoms with Gasteiger partial charge in [-0.25, -0.2) is 9.67 Å². The fraction of sp³-hybridized carbons (Fsp3) is 0.143. The lowest BCUT2D eigenvalue weighted by Gasteiger charge is -2.09. The van der Waals surface area contributed by atoms with Crippen LogP contribution in [-0.2, 0) is 18.8 Å². The van der Waals surface area contributed by atoms with Crippen LogP contribution < -0.4 is 0 Å². The minimum Gasteiger partial charge on any atom is -0.467 e. The number of tetrazole rings is 1. The molecule has 0 unspecified atom stereocenters. The van der Waals surface area contributed by atoms with Gasteiger partial charge in [0, 0.05) is 11.6 Å². The van der Waals surface area contributed by atoms with E-state index in [1.807, 2.05) is 48.5 Å². The lowest BCUT2D eigenvalue weighted by atomic mass is 10.2. The molecule has 7 nitrogen and oxygen atoms in total. The van der Waals surface area contributed by atoms with E-state index in [9.17, 15) is 0 Å². The fourth-order valence-electron chi connectivity index (χ4n) is 3.28. The van der Waals surface area contributed by atoms with Crippen LogP contribution in [0.15, 0.2) is 76.5 Å². The van der Waals surface area contributed by atoms with Gasteiger partial charge in [0.2, 0.25) is 5.16 Å². The van der Waals surface area contributed by atoms with Crippen molar-refractivity contribution in [2.75, 3.05) is 0 Å². The van der Waals surface area contributed by atoms with E-state index in [1.54, 1.807) is 22.7 Å². The van der Waals surface area contributed by atoms with Crippen LogP contribution in [0.2, 0.25) is 5.02 Å². The highest BCUT2D eigenvalue weighted by Crippen LogP contribution is 2.26. The summed E-state index contributed by atoms with van der Waals surface area (Å²) in [5.41, 5.74) is 3.14. The van der Waals surface area contributed by atoms with Crippen LogP contribution in [0.4, 0.5) is 0 Å². The molecular formula is C21H17ClN6OS. The molecule has 0 bridgehead atoms. The Morgan fingerprint density at radius 2 is 1.90 bits per heavy atom. The Morgan fingerprint density at radius 1 is 1.00 bits per heavy atom. The van der Waals surface area contributed by atoms with Gasteiger partial charge in [-0.15, -0.1) is 5.10 Å². The number of aromatic nitrogens is 6. The Morgan fingerprint density at radius 3 is 2.73 bits per heavy atom. The maximum absolute atomic E-state index is 6.19. The second-order valence-corrected chi connectivity index (χ2v) is 8.10. The average Bonchev–Trinajstić information content (AvgIpc) is 3.49. The van der Waals surface area contributed by atoms with Crippen LogP contribution in [-0.4, -0.2) is 29.8 Å². The number of hydrogen-bond acceptors (Lipinski definition) is 6. The molecule has 0 aliphatic heterocycles. The number of halogens is 1. The van der Waals surface area contributed by atoms with Gasteiger partial charge in [-0.1, -0.05) is 53.7 Å². The quantitative estimate of drug-likeness (QED) is 0.345. The molecule has 30 heavy (non-hydrogen) atoms. The Bertz CT molecular complexity index is 1270. The fourth-order valence-corrected chi connectivity index (χ4v) is 4.27. The Labute approximate surface area is 181 Å². The van der Waals surface area contributed by atoms with E-state index < -0.39 is 0 Å². The smallest absolute Gasteiger partial charge is 0.210 e. The first-order valence-electron chi connectivity index (χ1n) is 9.36. The van der Waals surface area contributed by atoms with Gasteiger partial charge in [0.15, 0.2) is 0 Å². The predicted octanol–water partition coefficient (Wildman–Crippen LogP) is 4.66. The summed E-state index contributed by atoms with van der Waals surface area (Å²) in [6.45, 7) is 1.21. The van der Waals surface area contributed by atoms with Gasteiger partial charge >= 0.3 is 0 Å². The van der Waals surface area contributed by atoms with Crippen molar-refractivity contribution in [2.24, 2.45) is 0 Å². The van der Waals surface area contributed by atoms with Crippen molar-refractivity contribution in [2.45, 2.75) is 24.0 Å². The van der Waals surface area contributed by atoms with Crippen molar-refractivity contribution in [3.8, 4) is 0 Å². The van der Waals surface area contributed by atoms with Crippen LogP contribution in [0.25, 0.3) is 11.0 Å². The number of hydrogen-bond donors (Lipinski definition) is 0. The zero-order chi connectivity index (χ0) is 20.3. The van der Waals surface area contributed by atoms with Gasteiger partial charge in [0.25, 0.3) is 0 Å². The lowest BCUT2D eigenvalue weighted by Crippen LogP contribution is -2.06. The number of rotatable bonds is 7. The number of furan rings is 1. The molecule has 0 amide bonds. The largest absolute Gasteiger partial charge is 0.467 e. The molecule has 3 aromatic heterocycles. The van der Waals surface area contributed by atoms with Crippen molar-refractivity contribution >= 4 is 34.4 Å². The summed E-state index contributed by atoms with van der Waals surface area (Å²) in [5.74, 6) is 2.36. The van der Waals surface area contributed by atoms with Crippen LogP contribution in [0, 0.1) is 0 Å². The van der Waals surface area contributed by atoms with Crippen molar-refractivity contribution < 1.29 is 4.42 Å². The van der Waals surface area contributed by atoms with Crippen molar-refractivity contribution in [1.29, 1.82) is 0 Å². The Hall–Kier alpha value is -3.10. The second kappa shape index (κ2) is 8.33. The van der Waals surface area contributed by atoms with Crippen molar-refractivity contribution in [1.82, 2.24) is 29.8 Å². The zero-order valence-corrected chi connectivity index (χ0v) is 17.4. The molecule has 0 fully saturated rings. The highest BCUT2D eigenvalue weighted by molar-refractivity contribution is 7.98. The maximum Gasteiger partial charge on any atom is 0.210 e. The van der Waals surface area contributed by atoms with E-state index in [1.165, 1.54) is 5.56 Å². The average molecular weight is 437 g/mol. The molecule has 5 rings (SSSR count). The van der Waals surface area contributed by atoms with Crippen molar-refractivity contribution in [3.05, 3.63) is 89.1 Å². The summed E-state index contributed by atoms with van der Waals surface area (Å²) in [4.78, 5) is 4.84. The monoisotopic (exact) mass is 436 g/mol. The summed E-state index contributed by atoms with van der Waals surface area (Å²) in [7, 11) is 0. The first-order chi connectivity index (χ1) is 14.8. The van der Waals surface area contributed by atoms with E-state index >= 15 is 0 Å². The summed E-state index contributed by atoms with van der Waals surface area (Å²) >= 11 is 7.74. The first-order valence-corrected chi connectivity index (χ1v) is 10.7. The molecular weight excluding hydrogens is 420 g/mol. The van der Waals surface area contributed by atoms with Crippen LogP contribution >= 0.6 is 23.4 Å². The van der Waals surface area contributed by atoms with E-state index in [2.05, 4.69) is 32.2 Å². The number of fused-ring (bicyclic) bond motifs is 1. The molecule has 0 aliphatic carbocycles. The van der Waals surface area contributed by atoms with Gasteiger partial charge in [0.05, 0.1) is 23.0 Å². The van der Waals surface area contributed by atoms with Gasteiger partial charge in [0.1, 0.15) is 18.1 Å². The van der Waals surface area contributed by atoms with Gasteiger partial charge < -0.3 is 8.98 Å². The van der Waals surface area contributed by atoms with Crippen LogP contribution in [0.3, 0.4) is 0 Å². The molecule has 0 saturated heterocycles. The standard InChI is InChI=1S/C21H17ClN6OS/c22-16-8-9-19-18(11-16)23-20(27(19)12-15-5-2-1-3-6-15)14-30-21-24-25-26-28(21)13-17-7-4-10-29-17/h1-11H,12-14H2. The SMILES string of the molecule is Clc1ccc2c(c1)nc(CSc1nnnn1Cc1ccco1)n2Cc1ccccc1. The van der Waals surface area contributed by atoms with Crippen LogP contribution in [0.5, 0.6) is 0 Å². The van der Waals surface area contributed by atoms with Crippen LogP contribution in [0.1, 0.15) is 17.1 Å². The number of nitrogens with zero attached hydrogens (tertiary/aromatic N) is 6. The third kappa shape index (κ3) is 3.96. The summed E-state index contributed by atoms with van der Waals surface area (Å²) < 4.78 is 9.35. The summed E-state index contributed by atoms with van der Waals surface area (Å²) in [6.07, 6.45) is 1.64. The van der Waals surface area contributed by atoms with Crippen molar-refractivity contribution in [3.63, 3.8) is 0 Å². The minimum atomic E-state index is 0.484. The Kier molecular flexibility index (Phi) is 5.25. The lowest BCUT2D eigenvalue weighted by molar-refractivity contribution is 0.462. The summed E-state index contributed by atoms with van der Waals surface area (Å²) in [6, 6.07) is 19.9. The summed E-state index contributed by atoms with van der Waals surface area (Å²) in [5, 5.41) is 13.4. The molecule has 150 valence electrons. The normalized spacial score (nSPS) is 11.4. The molecule has 9 heteroatoms. The highest BCUT2D eigenvalue weighted by atomic mass is 35.5. The van der Waals surface area contributed by atoms with Gasteiger partial charge in [-0.3, -0.25) is 0 Å². The molecule has 0 saturated carbocycles. The molecule has 0 spiro atoms. The molecule has 0 aliphatic rings. The number of imidazole rings is 1. The number of thioether (sulfide) groups is 1. The van der Waals surface area contributed by atoms with E-state index in [0.717, 1.165) is 29.2 Å². The molecule has 0 atom stereocenters.